The maximum absolute atomic E-state index is 14.3. The Morgan fingerprint density at radius 3 is 2.61 bits per heavy atom. The Bertz CT molecular complexity index is 1070. The molecule has 0 bridgehead atoms. The number of hydrogen-bond donors (Lipinski definition) is 2. The van der Waals surface area contributed by atoms with E-state index in [2.05, 4.69) is 31.5 Å². The van der Waals surface area contributed by atoms with Crippen LogP contribution in [0.1, 0.15) is 38.2 Å². The van der Waals surface area contributed by atoms with Gasteiger partial charge in [0.05, 0.1) is 11.4 Å². The summed E-state index contributed by atoms with van der Waals surface area (Å²) in [6.07, 6.45) is 7.55. The molecule has 0 radical (unpaired) electrons. The first kappa shape index (κ1) is 22.8. The van der Waals surface area contributed by atoms with Crippen molar-refractivity contribution in [3.63, 3.8) is 0 Å². The predicted molar refractivity (Wildman–Crippen MR) is 133 cm³/mol. The molecular weight excluding hydrogens is 419 g/mol. The molecule has 174 valence electrons. The van der Waals surface area contributed by atoms with Crippen molar-refractivity contribution in [2.75, 3.05) is 36.8 Å². The number of nitrogen functional groups attached to an aromatic ring is 1. The van der Waals surface area contributed by atoms with Crippen molar-refractivity contribution < 1.29 is 4.39 Å². The average molecular weight is 451 g/mol. The van der Waals surface area contributed by atoms with E-state index >= 15 is 0 Å². The topological polar surface area (TPSA) is 109 Å². The Kier molecular flexibility index (Phi) is 6.98. The molecule has 0 spiro atoms. The number of aromatic nitrogens is 2. The van der Waals surface area contributed by atoms with E-state index in [1.54, 1.807) is 24.5 Å². The first-order chi connectivity index (χ1) is 16.0. The number of rotatable bonds is 4. The van der Waals surface area contributed by atoms with Gasteiger partial charge in [-0.15, -0.1) is 0 Å². The molecule has 2 aliphatic rings. The fourth-order valence-corrected chi connectivity index (χ4v) is 4.17. The molecule has 2 fully saturated rings. The molecule has 0 atom stereocenters. The SMILES string of the molecule is C=NC(=NC=C(C)c1cnc(N2CCC(N)CC2)nc1-c1ccc(N)c(F)c1)N1CCCC1. The normalized spacial score (nSPS) is 18.2. The number of nitrogens with two attached hydrogens (primary N) is 2. The summed E-state index contributed by atoms with van der Waals surface area (Å²) in [5, 5.41) is 0. The van der Waals surface area contributed by atoms with Crippen LogP contribution in [0.4, 0.5) is 16.0 Å². The summed E-state index contributed by atoms with van der Waals surface area (Å²) in [5.74, 6) is 0.739. The van der Waals surface area contributed by atoms with Gasteiger partial charge >= 0.3 is 0 Å². The zero-order valence-electron chi connectivity index (χ0n) is 19.0. The lowest BCUT2D eigenvalue weighted by molar-refractivity contribution is 0.495. The lowest BCUT2D eigenvalue weighted by Crippen LogP contribution is -2.40. The number of likely N-dealkylation sites (tertiary alicyclic amines) is 1. The van der Waals surface area contributed by atoms with Crippen molar-refractivity contribution in [2.45, 2.75) is 38.6 Å². The summed E-state index contributed by atoms with van der Waals surface area (Å²) in [6, 6.07) is 4.95. The lowest BCUT2D eigenvalue weighted by Gasteiger charge is -2.30. The molecule has 0 saturated carbocycles. The number of anilines is 2. The molecule has 33 heavy (non-hydrogen) atoms. The predicted octanol–water partition coefficient (Wildman–Crippen LogP) is 3.31. The number of allylic oxidation sites excluding steroid dienone is 1. The molecule has 4 rings (SSSR count). The summed E-state index contributed by atoms with van der Waals surface area (Å²) in [7, 11) is 0. The average Bonchev–Trinajstić information content (AvgIpc) is 3.36. The standard InChI is InChI=1S/C24H31FN8/c1-16(14-29-23(28-2)32-9-3-4-10-32)19-15-30-24(33-11-7-18(26)8-12-33)31-22(19)17-5-6-21(27)20(25)13-17/h5-6,13-15,18H,2-4,7-12,26-27H2,1H3. The van der Waals surface area contributed by atoms with Crippen molar-refractivity contribution in [1.29, 1.82) is 0 Å². The first-order valence-corrected chi connectivity index (χ1v) is 11.4. The fourth-order valence-electron chi connectivity index (χ4n) is 4.17. The zero-order valence-corrected chi connectivity index (χ0v) is 19.0. The Balaban J connectivity index is 1.72. The van der Waals surface area contributed by atoms with Crippen LogP contribution < -0.4 is 16.4 Å². The highest BCUT2D eigenvalue weighted by Crippen LogP contribution is 2.30. The smallest absolute Gasteiger partial charge is 0.225 e. The molecule has 4 N–H and O–H groups in total. The quantitative estimate of drug-likeness (QED) is 0.420. The summed E-state index contributed by atoms with van der Waals surface area (Å²) in [6.45, 7) is 9.04. The van der Waals surface area contributed by atoms with Crippen molar-refractivity contribution in [3.05, 3.63) is 42.0 Å². The van der Waals surface area contributed by atoms with Crippen LogP contribution in [0.25, 0.3) is 16.8 Å². The molecule has 2 aromatic rings. The maximum atomic E-state index is 14.3. The number of nitrogens with zero attached hydrogens (tertiary/aromatic N) is 6. The van der Waals surface area contributed by atoms with E-state index in [0.717, 1.165) is 63.0 Å². The Morgan fingerprint density at radius 2 is 1.94 bits per heavy atom. The second kappa shape index (κ2) is 10.1. The second-order valence-electron chi connectivity index (χ2n) is 8.59. The third kappa shape index (κ3) is 5.19. The van der Waals surface area contributed by atoms with Gasteiger partial charge in [0.2, 0.25) is 11.9 Å². The lowest BCUT2D eigenvalue weighted by atomic mass is 10.0. The van der Waals surface area contributed by atoms with Crippen LogP contribution in [0.5, 0.6) is 0 Å². The number of hydrogen-bond acceptors (Lipinski definition) is 6. The highest BCUT2D eigenvalue weighted by molar-refractivity contribution is 5.86. The molecule has 3 heterocycles. The zero-order chi connectivity index (χ0) is 23.4. The highest BCUT2D eigenvalue weighted by Gasteiger charge is 2.21. The van der Waals surface area contributed by atoms with E-state index in [4.69, 9.17) is 16.5 Å². The number of benzene rings is 1. The summed E-state index contributed by atoms with van der Waals surface area (Å²) in [5.41, 5.74) is 14.7. The minimum atomic E-state index is -0.477. The molecular formula is C24H31FN8. The summed E-state index contributed by atoms with van der Waals surface area (Å²) < 4.78 is 14.3. The maximum Gasteiger partial charge on any atom is 0.225 e. The number of piperidine rings is 1. The van der Waals surface area contributed by atoms with Crippen LogP contribution in [0.15, 0.2) is 40.6 Å². The van der Waals surface area contributed by atoms with Crippen LogP contribution in [-0.4, -0.2) is 59.8 Å². The van der Waals surface area contributed by atoms with Gasteiger partial charge in [-0.05, 0) is 57.0 Å². The second-order valence-corrected chi connectivity index (χ2v) is 8.59. The third-order valence-corrected chi connectivity index (χ3v) is 6.20. The van der Waals surface area contributed by atoms with Crippen LogP contribution in [-0.2, 0) is 0 Å². The molecule has 1 aromatic heterocycles. The van der Waals surface area contributed by atoms with E-state index in [1.807, 2.05) is 6.92 Å². The monoisotopic (exact) mass is 450 g/mol. The van der Waals surface area contributed by atoms with E-state index in [9.17, 15) is 4.39 Å². The van der Waals surface area contributed by atoms with Gasteiger partial charge in [-0.3, -0.25) is 0 Å². The van der Waals surface area contributed by atoms with E-state index in [-0.39, 0.29) is 11.7 Å². The third-order valence-electron chi connectivity index (χ3n) is 6.20. The van der Waals surface area contributed by atoms with Gasteiger partial charge in [0, 0.05) is 55.7 Å². The highest BCUT2D eigenvalue weighted by atomic mass is 19.1. The molecule has 0 unspecified atom stereocenters. The van der Waals surface area contributed by atoms with Gasteiger partial charge < -0.3 is 21.3 Å². The van der Waals surface area contributed by atoms with Gasteiger partial charge in [-0.25, -0.2) is 24.3 Å². The van der Waals surface area contributed by atoms with E-state index in [1.165, 1.54) is 6.07 Å². The van der Waals surface area contributed by atoms with Crippen LogP contribution in [0.2, 0.25) is 0 Å². The molecule has 9 heteroatoms. The van der Waals surface area contributed by atoms with Gasteiger partial charge in [0.1, 0.15) is 5.82 Å². The van der Waals surface area contributed by atoms with Crippen molar-refractivity contribution in [1.82, 2.24) is 14.9 Å². The Labute approximate surface area is 193 Å². The van der Waals surface area contributed by atoms with Gasteiger partial charge in [-0.1, -0.05) is 6.07 Å². The minimum Gasteiger partial charge on any atom is -0.396 e. The Morgan fingerprint density at radius 1 is 1.21 bits per heavy atom. The van der Waals surface area contributed by atoms with Gasteiger partial charge in [-0.2, -0.15) is 0 Å². The molecule has 8 nitrogen and oxygen atoms in total. The van der Waals surface area contributed by atoms with Crippen molar-refractivity contribution in [3.8, 4) is 11.3 Å². The molecule has 1 aromatic carbocycles. The van der Waals surface area contributed by atoms with Crippen molar-refractivity contribution >= 4 is 29.9 Å². The van der Waals surface area contributed by atoms with Crippen molar-refractivity contribution in [2.24, 2.45) is 15.7 Å². The fraction of sp³-hybridized carbons (Fsp3) is 0.417. The van der Waals surface area contributed by atoms with Crippen LogP contribution in [0.3, 0.4) is 0 Å². The number of halogens is 1. The minimum absolute atomic E-state index is 0.101. The molecule has 2 aliphatic heterocycles. The van der Waals surface area contributed by atoms with Crippen LogP contribution >= 0.6 is 0 Å². The number of aliphatic imine (C=N–C) groups is 2. The Hall–Kier alpha value is -3.33. The molecule has 2 saturated heterocycles. The van der Waals surface area contributed by atoms with Crippen LogP contribution in [0, 0.1) is 5.82 Å². The van der Waals surface area contributed by atoms with Gasteiger partial charge in [0.25, 0.3) is 0 Å². The number of guanidine groups is 1. The summed E-state index contributed by atoms with van der Waals surface area (Å²) in [4.78, 5) is 22.4. The first-order valence-electron chi connectivity index (χ1n) is 11.4. The largest absolute Gasteiger partial charge is 0.396 e. The van der Waals surface area contributed by atoms with E-state index in [0.29, 0.717) is 23.2 Å². The van der Waals surface area contributed by atoms with Gasteiger partial charge in [0.15, 0.2) is 0 Å². The molecule has 0 aliphatic carbocycles. The molecule has 0 amide bonds. The van der Waals surface area contributed by atoms with E-state index < -0.39 is 5.82 Å². The summed E-state index contributed by atoms with van der Waals surface area (Å²) >= 11 is 0.